The fourth-order valence-electron chi connectivity index (χ4n) is 8.12. The molecule has 8 rings (SSSR count). The summed E-state index contributed by atoms with van der Waals surface area (Å²) in [7, 11) is 0. The number of hydrogen-bond acceptors (Lipinski definition) is 11. The van der Waals surface area contributed by atoms with Crippen LogP contribution in [0.25, 0.3) is 22.5 Å². The standard InChI is InChI=1S/C29H29ClN4O2.C21H19ClN2O3.C7H11N3/c1-20-22(16-18-26(31)32-20)15-17-24(35)19-34-27(23-12-6-3-7-13-23)28(30)33-25(29(34)36)14-8-11-21-9-4-2-5-10-21;22-20-19(16-11-5-2-6-12-16)24(14-18(25)26)21(27)17(23-20)13-7-10-15-8-3-1-4-9-15;1-5-6(4-8)2-3-7(9)10-5/h2-7,9-10,12-13,16,18H,8,11,14-15,17,19H2,1H3,(H2,31,32);1-6,8-9,11-12H,7,10,13-14H2,(H,25,26);2-3H,4,8H2,1H3,(H2,9,10). The fourth-order valence-corrected chi connectivity index (χ4v) is 8.74. The van der Waals surface area contributed by atoms with Crippen LogP contribution in [0.5, 0.6) is 0 Å². The predicted molar refractivity (Wildman–Crippen MR) is 290 cm³/mol. The van der Waals surface area contributed by atoms with Gasteiger partial charge in [-0.05, 0) is 93.2 Å². The number of rotatable bonds is 18. The van der Waals surface area contributed by atoms with Crippen LogP contribution in [-0.2, 0) is 61.3 Å². The monoisotopic (exact) mass is 1020 g/mol. The van der Waals surface area contributed by atoms with Crippen LogP contribution in [0.1, 0.15) is 64.3 Å². The highest BCUT2D eigenvalue weighted by molar-refractivity contribution is 6.32. The maximum Gasteiger partial charge on any atom is 0.323 e. The van der Waals surface area contributed by atoms with Crippen LogP contribution in [0.2, 0.25) is 10.3 Å². The molecular weight excluding hydrogens is 962 g/mol. The molecule has 4 aromatic carbocycles. The van der Waals surface area contributed by atoms with E-state index in [2.05, 4.69) is 32.1 Å². The second kappa shape index (κ2) is 27.2. The number of halogens is 2. The van der Waals surface area contributed by atoms with Gasteiger partial charge >= 0.3 is 5.97 Å². The minimum Gasteiger partial charge on any atom is -0.480 e. The molecule has 0 radical (unpaired) electrons. The van der Waals surface area contributed by atoms with Crippen LogP contribution in [0.3, 0.4) is 0 Å². The van der Waals surface area contributed by atoms with Crippen LogP contribution in [0, 0.1) is 13.8 Å². The molecule has 0 aliphatic rings. The number of nitrogens with two attached hydrogens (primary N) is 3. The lowest BCUT2D eigenvalue weighted by Gasteiger charge is -2.16. The van der Waals surface area contributed by atoms with E-state index >= 15 is 0 Å². The van der Waals surface area contributed by atoms with Gasteiger partial charge in [0, 0.05) is 35.5 Å². The van der Waals surface area contributed by atoms with Crippen LogP contribution < -0.4 is 28.3 Å². The molecule has 4 heterocycles. The van der Waals surface area contributed by atoms with Crippen molar-refractivity contribution >= 4 is 46.6 Å². The molecule has 0 fully saturated rings. The van der Waals surface area contributed by atoms with Crippen molar-refractivity contribution in [2.45, 2.75) is 84.8 Å². The molecular formula is C57H59Cl2N9O5. The molecule has 0 bridgehead atoms. The Hall–Kier alpha value is -7.78. The Balaban J connectivity index is 0.000000205. The first-order valence-corrected chi connectivity index (χ1v) is 24.6. The number of hydrogen-bond donors (Lipinski definition) is 4. The van der Waals surface area contributed by atoms with Gasteiger partial charge in [0.15, 0.2) is 16.1 Å². The summed E-state index contributed by atoms with van der Waals surface area (Å²) in [4.78, 5) is 67.8. The van der Waals surface area contributed by atoms with Gasteiger partial charge in [-0.25, -0.2) is 19.9 Å². The molecule has 0 atom stereocenters. The van der Waals surface area contributed by atoms with Gasteiger partial charge in [0.05, 0.1) is 17.9 Å². The van der Waals surface area contributed by atoms with Gasteiger partial charge < -0.3 is 22.3 Å². The van der Waals surface area contributed by atoms with E-state index in [4.69, 9.17) is 40.4 Å². The van der Waals surface area contributed by atoms with Crippen molar-refractivity contribution in [1.29, 1.82) is 0 Å². The highest BCUT2D eigenvalue weighted by Gasteiger charge is 2.21. The topological polar surface area (TPSA) is 228 Å². The quantitative estimate of drug-likeness (QED) is 0.0630. The van der Waals surface area contributed by atoms with E-state index in [0.29, 0.717) is 60.1 Å². The zero-order valence-corrected chi connectivity index (χ0v) is 42.4. The zero-order valence-electron chi connectivity index (χ0n) is 40.9. The maximum atomic E-state index is 13.5. The first kappa shape index (κ1) is 54.6. The number of aromatic nitrogens is 6. The summed E-state index contributed by atoms with van der Waals surface area (Å²) < 4.78 is 2.68. The number of Topliss-reactive ketones (excluding diaryl/α,β-unsaturated/α-hetero) is 1. The largest absolute Gasteiger partial charge is 0.480 e. The molecule has 376 valence electrons. The van der Waals surface area contributed by atoms with Gasteiger partial charge in [-0.3, -0.25) is 28.3 Å². The smallest absolute Gasteiger partial charge is 0.323 e. The molecule has 0 amide bonds. The van der Waals surface area contributed by atoms with Crippen molar-refractivity contribution in [2.24, 2.45) is 5.73 Å². The number of pyridine rings is 2. The Morgan fingerprint density at radius 2 is 0.918 bits per heavy atom. The molecule has 0 unspecified atom stereocenters. The van der Waals surface area contributed by atoms with Crippen LogP contribution in [-0.4, -0.2) is 45.9 Å². The normalized spacial score (nSPS) is 10.7. The Morgan fingerprint density at radius 3 is 1.32 bits per heavy atom. The third kappa shape index (κ3) is 15.9. The maximum absolute atomic E-state index is 13.5. The number of carbonyl (C=O) groups excluding carboxylic acids is 1. The Bertz CT molecular complexity index is 3230. The van der Waals surface area contributed by atoms with Crippen molar-refractivity contribution in [3.8, 4) is 22.5 Å². The highest BCUT2D eigenvalue weighted by Crippen LogP contribution is 2.27. The summed E-state index contributed by atoms with van der Waals surface area (Å²) >= 11 is 13.0. The van der Waals surface area contributed by atoms with Crippen LogP contribution >= 0.6 is 23.2 Å². The summed E-state index contributed by atoms with van der Waals surface area (Å²) in [5.41, 5.74) is 24.9. The number of aliphatic carboxylic acids is 1. The van der Waals surface area contributed by atoms with Gasteiger partial charge in [-0.2, -0.15) is 0 Å². The second-order valence-electron chi connectivity index (χ2n) is 17.2. The van der Waals surface area contributed by atoms with Crippen molar-refractivity contribution in [1.82, 2.24) is 29.1 Å². The number of carboxylic acid groups (broad SMARTS) is 1. The van der Waals surface area contributed by atoms with Gasteiger partial charge in [-0.15, -0.1) is 0 Å². The van der Waals surface area contributed by atoms with Gasteiger partial charge in [0.1, 0.15) is 29.6 Å². The first-order valence-electron chi connectivity index (χ1n) is 23.9. The molecule has 73 heavy (non-hydrogen) atoms. The third-order valence-electron chi connectivity index (χ3n) is 11.9. The lowest BCUT2D eigenvalue weighted by Crippen LogP contribution is -2.30. The van der Waals surface area contributed by atoms with Crippen molar-refractivity contribution in [2.75, 3.05) is 11.5 Å². The average Bonchev–Trinajstić information content (AvgIpc) is 3.38. The molecule has 4 aromatic heterocycles. The van der Waals surface area contributed by atoms with Crippen molar-refractivity contribution in [3.05, 3.63) is 222 Å². The summed E-state index contributed by atoms with van der Waals surface area (Å²) in [5, 5.41) is 9.61. The minimum absolute atomic E-state index is 0.0667. The number of anilines is 2. The molecule has 0 aliphatic carbocycles. The lowest BCUT2D eigenvalue weighted by molar-refractivity contribution is -0.137. The number of carboxylic acids is 1. The Morgan fingerprint density at radius 1 is 0.521 bits per heavy atom. The van der Waals surface area contributed by atoms with E-state index in [1.165, 1.54) is 20.3 Å². The van der Waals surface area contributed by atoms with Gasteiger partial charge in [0.25, 0.3) is 11.1 Å². The van der Waals surface area contributed by atoms with Crippen molar-refractivity contribution in [3.63, 3.8) is 0 Å². The molecule has 16 heteroatoms. The van der Waals surface area contributed by atoms with E-state index in [0.717, 1.165) is 53.8 Å². The molecule has 7 N–H and O–H groups in total. The van der Waals surface area contributed by atoms with E-state index < -0.39 is 18.1 Å². The number of benzene rings is 4. The highest BCUT2D eigenvalue weighted by atomic mass is 35.5. The summed E-state index contributed by atoms with van der Waals surface area (Å²) in [6, 6.07) is 45.7. The molecule has 14 nitrogen and oxygen atoms in total. The van der Waals surface area contributed by atoms with E-state index in [9.17, 15) is 24.3 Å². The number of carbonyl (C=O) groups is 2. The minimum atomic E-state index is -1.10. The van der Waals surface area contributed by atoms with E-state index in [1.54, 1.807) is 36.4 Å². The summed E-state index contributed by atoms with van der Waals surface area (Å²) in [5.74, 6) is -0.169. The van der Waals surface area contributed by atoms with Gasteiger partial charge in [-0.1, -0.05) is 157 Å². The Labute approximate surface area is 434 Å². The molecule has 0 spiro atoms. The number of nitrogen functional groups attached to an aromatic ring is 2. The van der Waals surface area contributed by atoms with E-state index in [-0.39, 0.29) is 40.3 Å². The fraction of sp³-hybridized carbons (Fsp3) is 0.228. The van der Waals surface area contributed by atoms with E-state index in [1.807, 2.05) is 111 Å². The first-order chi connectivity index (χ1) is 35.2. The van der Waals surface area contributed by atoms with Gasteiger partial charge in [0.2, 0.25) is 0 Å². The Kier molecular flexibility index (Phi) is 20.3. The molecule has 8 aromatic rings. The van der Waals surface area contributed by atoms with Crippen LogP contribution in [0.15, 0.2) is 155 Å². The summed E-state index contributed by atoms with van der Waals surface area (Å²) in [6.07, 6.45) is 4.82. The molecule has 0 aliphatic heterocycles. The SMILES string of the molecule is Cc1nc(N)ccc1CCC(=O)Cn1c(-c2ccccc2)c(Cl)nc(CCCc2ccccc2)c1=O.Cc1nc(N)ccc1CN.O=C(O)Cn1c(-c2ccccc2)c(Cl)nc(CCCc2ccccc2)c1=O. The predicted octanol–water partition coefficient (Wildman–Crippen LogP) is 9.48. The summed E-state index contributed by atoms with van der Waals surface area (Å²) in [6.45, 7) is 3.77. The number of nitrogens with zero attached hydrogens (tertiary/aromatic N) is 6. The second-order valence-corrected chi connectivity index (χ2v) is 17.9. The lowest BCUT2D eigenvalue weighted by atomic mass is 10.1. The third-order valence-corrected chi connectivity index (χ3v) is 12.4. The van der Waals surface area contributed by atoms with Crippen molar-refractivity contribution < 1.29 is 14.7 Å². The van der Waals surface area contributed by atoms with Crippen LogP contribution in [0.4, 0.5) is 11.6 Å². The zero-order chi connectivity index (χ0) is 52.3. The molecule has 0 saturated heterocycles. The average molecular weight is 1020 g/mol. The number of ketones is 1. The molecule has 0 saturated carbocycles. The number of aryl methyl sites for hydroxylation is 7.